The smallest absolute Gasteiger partial charge is 0.410 e. The number of pyridine rings is 1. The molecule has 0 saturated carbocycles. The number of carboxylic acid groups (broad SMARTS) is 1. The van der Waals surface area contributed by atoms with E-state index in [-0.39, 0.29) is 11.0 Å². The number of anilines is 2. The zero-order chi connectivity index (χ0) is 20.3. The topological polar surface area (TPSA) is 105 Å². The molecule has 2 N–H and O–H groups in total. The molecule has 1 aliphatic rings. The van der Waals surface area contributed by atoms with Gasteiger partial charge in [-0.05, 0) is 57.2 Å². The molecule has 2 aromatic heterocycles. The van der Waals surface area contributed by atoms with Crippen molar-refractivity contribution in [1.29, 1.82) is 0 Å². The summed E-state index contributed by atoms with van der Waals surface area (Å²) in [5.74, 6) is -0.0459. The molecule has 1 aliphatic heterocycles. The average molecular weight is 404 g/mol. The van der Waals surface area contributed by atoms with Crippen molar-refractivity contribution >= 4 is 34.3 Å². The summed E-state index contributed by atoms with van der Waals surface area (Å²) in [5.41, 5.74) is 0.645. The van der Waals surface area contributed by atoms with Crippen LogP contribution in [0.15, 0.2) is 24.5 Å². The molecular formula is C19H24N4O4S. The van der Waals surface area contributed by atoms with Crippen LogP contribution in [-0.4, -0.2) is 50.7 Å². The second-order valence-corrected chi connectivity index (χ2v) is 8.71. The van der Waals surface area contributed by atoms with Crippen molar-refractivity contribution in [1.82, 2.24) is 14.9 Å². The number of carboxylic acids is 1. The van der Waals surface area contributed by atoms with Gasteiger partial charge in [0, 0.05) is 19.3 Å². The number of carbonyl (C=O) groups excluding carboxylic acids is 1. The zero-order valence-electron chi connectivity index (χ0n) is 16.1. The third-order valence-corrected chi connectivity index (χ3v) is 5.25. The molecule has 0 bridgehead atoms. The monoisotopic (exact) mass is 404 g/mol. The highest BCUT2D eigenvalue weighted by atomic mass is 32.1. The van der Waals surface area contributed by atoms with E-state index in [2.05, 4.69) is 15.3 Å². The minimum Gasteiger partial charge on any atom is -0.477 e. The Morgan fingerprint density at radius 2 is 2.00 bits per heavy atom. The number of ether oxygens (including phenoxy) is 1. The summed E-state index contributed by atoms with van der Waals surface area (Å²) in [7, 11) is 0. The second kappa shape index (κ2) is 8.14. The van der Waals surface area contributed by atoms with Gasteiger partial charge in [0.1, 0.15) is 16.3 Å². The fraction of sp³-hybridized carbons (Fsp3) is 0.474. The second-order valence-electron chi connectivity index (χ2n) is 7.68. The van der Waals surface area contributed by atoms with Gasteiger partial charge in [-0.25, -0.2) is 19.6 Å². The van der Waals surface area contributed by atoms with E-state index < -0.39 is 11.6 Å². The molecule has 0 spiro atoms. The van der Waals surface area contributed by atoms with Crippen molar-refractivity contribution in [3.05, 3.63) is 35.0 Å². The van der Waals surface area contributed by atoms with Crippen LogP contribution in [0, 0.1) is 0 Å². The van der Waals surface area contributed by atoms with Gasteiger partial charge in [0.15, 0.2) is 5.13 Å². The van der Waals surface area contributed by atoms with Crippen molar-refractivity contribution < 1.29 is 19.4 Å². The highest BCUT2D eigenvalue weighted by molar-refractivity contribution is 7.17. The standard InChI is InChI=1S/C19H24N4O4S/c1-19(2,3)27-18(26)23-8-5-12(6-9-23)13-4-7-20-15(10-13)22-17-21-11-14(28-17)16(24)25/h4,7,10-12H,5-6,8-9H2,1-3H3,(H,24,25)(H,20,21,22). The predicted octanol–water partition coefficient (Wildman–Crippen LogP) is 4.09. The minimum absolute atomic E-state index is 0.174. The fourth-order valence-corrected chi connectivity index (χ4v) is 3.69. The van der Waals surface area contributed by atoms with Crippen LogP contribution in [0.25, 0.3) is 0 Å². The van der Waals surface area contributed by atoms with E-state index in [1.165, 1.54) is 6.20 Å². The summed E-state index contributed by atoms with van der Waals surface area (Å²) in [6, 6.07) is 3.93. The maximum absolute atomic E-state index is 12.2. The minimum atomic E-state index is -0.996. The third-order valence-electron chi connectivity index (χ3n) is 4.35. The van der Waals surface area contributed by atoms with E-state index in [0.717, 1.165) is 29.7 Å². The molecule has 8 nitrogen and oxygen atoms in total. The quantitative estimate of drug-likeness (QED) is 0.790. The van der Waals surface area contributed by atoms with E-state index in [4.69, 9.17) is 9.84 Å². The average Bonchev–Trinajstić information content (AvgIpc) is 3.09. The predicted molar refractivity (Wildman–Crippen MR) is 106 cm³/mol. The van der Waals surface area contributed by atoms with Crippen LogP contribution in [0.4, 0.5) is 15.7 Å². The molecule has 0 aliphatic carbocycles. The molecule has 150 valence electrons. The van der Waals surface area contributed by atoms with Gasteiger partial charge in [0.05, 0.1) is 6.20 Å². The maximum atomic E-state index is 12.2. The molecule has 28 heavy (non-hydrogen) atoms. The van der Waals surface area contributed by atoms with Crippen LogP contribution in [0.2, 0.25) is 0 Å². The Bertz CT molecular complexity index is 854. The van der Waals surface area contributed by atoms with Crippen LogP contribution in [0.1, 0.15) is 54.8 Å². The van der Waals surface area contributed by atoms with Crippen LogP contribution in [-0.2, 0) is 4.74 Å². The highest BCUT2D eigenvalue weighted by Crippen LogP contribution is 2.30. The molecule has 3 heterocycles. The van der Waals surface area contributed by atoms with Crippen LogP contribution in [0.3, 0.4) is 0 Å². The highest BCUT2D eigenvalue weighted by Gasteiger charge is 2.27. The molecule has 0 aromatic carbocycles. The maximum Gasteiger partial charge on any atom is 0.410 e. The first-order valence-corrected chi connectivity index (χ1v) is 9.93. The molecule has 9 heteroatoms. The number of aromatic carboxylic acids is 1. The van der Waals surface area contributed by atoms with Crippen molar-refractivity contribution in [2.45, 2.75) is 45.1 Å². The lowest BCUT2D eigenvalue weighted by atomic mass is 9.90. The third kappa shape index (κ3) is 5.19. The van der Waals surface area contributed by atoms with E-state index in [9.17, 15) is 9.59 Å². The largest absolute Gasteiger partial charge is 0.477 e. The first kappa shape index (κ1) is 20.1. The molecule has 1 amide bonds. The van der Waals surface area contributed by atoms with Gasteiger partial charge in [-0.2, -0.15) is 0 Å². The van der Waals surface area contributed by atoms with Gasteiger partial charge in [-0.3, -0.25) is 0 Å². The summed E-state index contributed by atoms with van der Waals surface area (Å²) >= 11 is 1.07. The number of thiazole rings is 1. The van der Waals surface area contributed by atoms with Crippen molar-refractivity contribution in [2.75, 3.05) is 18.4 Å². The Morgan fingerprint density at radius 3 is 2.61 bits per heavy atom. The van der Waals surface area contributed by atoms with E-state index in [1.807, 2.05) is 32.9 Å². The SMILES string of the molecule is CC(C)(C)OC(=O)N1CCC(c2ccnc(Nc3ncc(C(=O)O)s3)c2)CC1. The van der Waals surface area contributed by atoms with E-state index >= 15 is 0 Å². The lowest BCUT2D eigenvalue weighted by molar-refractivity contribution is 0.0204. The van der Waals surface area contributed by atoms with Crippen molar-refractivity contribution in [3.8, 4) is 0 Å². The number of piperidine rings is 1. The van der Waals surface area contributed by atoms with Gasteiger partial charge < -0.3 is 20.1 Å². The van der Waals surface area contributed by atoms with Crippen molar-refractivity contribution in [2.24, 2.45) is 0 Å². The van der Waals surface area contributed by atoms with Gasteiger partial charge in [-0.15, -0.1) is 0 Å². The number of nitrogens with one attached hydrogen (secondary N) is 1. The molecule has 0 atom stereocenters. The molecule has 1 fully saturated rings. The molecule has 1 saturated heterocycles. The molecule has 2 aromatic rings. The Labute approximate surface area is 167 Å². The van der Waals surface area contributed by atoms with Gasteiger partial charge >= 0.3 is 12.1 Å². The van der Waals surface area contributed by atoms with Gasteiger partial charge in [0.25, 0.3) is 0 Å². The number of likely N-dealkylation sites (tertiary alicyclic amines) is 1. The number of amides is 1. The van der Waals surface area contributed by atoms with E-state index in [1.54, 1.807) is 11.1 Å². The molecule has 0 unspecified atom stereocenters. The number of nitrogens with zero attached hydrogens (tertiary/aromatic N) is 3. The normalized spacial score (nSPS) is 15.3. The Balaban J connectivity index is 1.60. The van der Waals surface area contributed by atoms with E-state index in [0.29, 0.717) is 30.0 Å². The number of rotatable bonds is 4. The molecule has 0 radical (unpaired) electrons. The van der Waals surface area contributed by atoms with Gasteiger partial charge in [0.2, 0.25) is 0 Å². The van der Waals surface area contributed by atoms with Gasteiger partial charge in [-0.1, -0.05) is 11.3 Å². The summed E-state index contributed by atoms with van der Waals surface area (Å²) in [6.45, 7) is 6.90. The molecule has 3 rings (SSSR count). The van der Waals surface area contributed by atoms with Crippen LogP contribution >= 0.6 is 11.3 Å². The molecular weight excluding hydrogens is 380 g/mol. The first-order chi connectivity index (χ1) is 13.2. The van der Waals surface area contributed by atoms with Crippen LogP contribution in [0.5, 0.6) is 0 Å². The fourth-order valence-electron chi connectivity index (χ4n) is 3.03. The number of hydrogen-bond acceptors (Lipinski definition) is 7. The Kier molecular flexibility index (Phi) is 5.83. The first-order valence-electron chi connectivity index (χ1n) is 9.11. The summed E-state index contributed by atoms with van der Waals surface area (Å²) < 4.78 is 5.44. The number of carbonyl (C=O) groups is 2. The number of hydrogen-bond donors (Lipinski definition) is 2. The lowest BCUT2D eigenvalue weighted by Gasteiger charge is -2.33. The number of aromatic nitrogens is 2. The Hall–Kier alpha value is -2.68. The summed E-state index contributed by atoms with van der Waals surface area (Å²) in [5, 5.41) is 12.5. The van der Waals surface area contributed by atoms with Crippen molar-refractivity contribution in [3.63, 3.8) is 0 Å². The summed E-state index contributed by atoms with van der Waals surface area (Å²) in [6.07, 6.45) is 4.49. The van der Waals surface area contributed by atoms with Crippen LogP contribution < -0.4 is 5.32 Å². The zero-order valence-corrected chi connectivity index (χ0v) is 17.0. The summed E-state index contributed by atoms with van der Waals surface area (Å²) in [4.78, 5) is 33.5. The lowest BCUT2D eigenvalue weighted by Crippen LogP contribution is -2.41. The Morgan fingerprint density at radius 1 is 1.29 bits per heavy atom.